The lowest BCUT2D eigenvalue weighted by Crippen LogP contribution is -2.54. The van der Waals surface area contributed by atoms with Crippen molar-refractivity contribution in [1.82, 2.24) is 10.6 Å². The zero-order chi connectivity index (χ0) is 29.7. The highest BCUT2D eigenvalue weighted by Crippen LogP contribution is 2.27. The van der Waals surface area contributed by atoms with Crippen LogP contribution in [0.1, 0.15) is 85.1 Å². The first-order valence-electron chi connectivity index (χ1n) is 14.7. The summed E-state index contributed by atoms with van der Waals surface area (Å²) in [5.41, 5.74) is 6.63. The van der Waals surface area contributed by atoms with E-state index in [0.29, 0.717) is 63.3 Å². The second-order valence-electron chi connectivity index (χ2n) is 11.1. The molecule has 0 aliphatic carbocycles. The number of benzene rings is 1. The number of rotatable bonds is 12. The summed E-state index contributed by atoms with van der Waals surface area (Å²) in [7, 11) is 0. The molecule has 1 aromatic rings. The van der Waals surface area contributed by atoms with Gasteiger partial charge in [-0.05, 0) is 62.6 Å². The zero-order valence-electron chi connectivity index (χ0n) is 24.8. The number of hydrogen-bond acceptors (Lipinski definition) is 6. The number of carbonyl (C=O) groups is 4. The smallest absolute Gasteiger partial charge is 0.243 e. The Kier molecular flexibility index (Phi) is 13.8. The van der Waals surface area contributed by atoms with E-state index in [1.165, 1.54) is 6.92 Å². The van der Waals surface area contributed by atoms with E-state index in [0.717, 1.165) is 5.56 Å². The number of nitrogens with one attached hydrogen (secondary N) is 2. The first-order chi connectivity index (χ1) is 19.0. The average molecular weight is 557 g/mol. The van der Waals surface area contributed by atoms with Crippen LogP contribution in [0.2, 0.25) is 0 Å². The Hall–Kier alpha value is -3.23. The maximum Gasteiger partial charge on any atom is 0.243 e. The number of ketones is 2. The second kappa shape index (κ2) is 16.8. The second-order valence-corrected chi connectivity index (χ2v) is 11.1. The number of amidine groups is 1. The van der Waals surface area contributed by atoms with Gasteiger partial charge in [0, 0.05) is 37.6 Å². The third kappa shape index (κ3) is 10.7. The predicted octanol–water partition coefficient (Wildman–Crippen LogP) is 3.77. The molecule has 2 heterocycles. The van der Waals surface area contributed by atoms with Crippen molar-refractivity contribution in [3.8, 4) is 5.75 Å². The number of ether oxygens (including phenoxy) is 1. The van der Waals surface area contributed by atoms with Crippen molar-refractivity contribution < 1.29 is 23.9 Å². The summed E-state index contributed by atoms with van der Waals surface area (Å²) >= 11 is 0. The van der Waals surface area contributed by atoms with Crippen LogP contribution in [-0.4, -0.2) is 54.5 Å². The van der Waals surface area contributed by atoms with E-state index in [4.69, 9.17) is 10.5 Å². The minimum Gasteiger partial charge on any atom is -0.494 e. The molecule has 0 saturated heterocycles. The van der Waals surface area contributed by atoms with Crippen LogP contribution in [0.4, 0.5) is 0 Å². The van der Waals surface area contributed by atoms with Crippen LogP contribution in [0.15, 0.2) is 29.3 Å². The van der Waals surface area contributed by atoms with Crippen LogP contribution in [0, 0.1) is 17.8 Å². The van der Waals surface area contributed by atoms with Gasteiger partial charge in [-0.25, -0.2) is 0 Å². The summed E-state index contributed by atoms with van der Waals surface area (Å²) in [6, 6.07) is 5.84. The molecule has 2 bridgehead atoms. The fourth-order valence-corrected chi connectivity index (χ4v) is 5.05. The van der Waals surface area contributed by atoms with Gasteiger partial charge in [-0.2, -0.15) is 0 Å². The lowest BCUT2D eigenvalue weighted by molar-refractivity contribution is -0.136. The Balaban J connectivity index is 2.33. The van der Waals surface area contributed by atoms with Crippen molar-refractivity contribution >= 4 is 29.2 Å². The number of Topliss-reactive ketones (excluding diaryl/α,β-unsaturated/α-hetero) is 2. The standard InChI is InChI=1S/C31H48N4O5/c1-6-28(37)26(11-8-16-33-29(32)7-2)34-31(39)27-19-22-12-14-23(15-13-22)40-17-9-10-24(21(5)36)25(18-20(3)4)30(38)35-27/h12-15,20,24-27H,6-11,16-19H2,1-5H3,(H2,32,33)(H,34,39)(H,35,38)/t24-,25-,26+,27+/m1/s1. The molecule has 4 N–H and O–H groups in total. The molecule has 222 valence electrons. The molecule has 0 radical (unpaired) electrons. The Morgan fingerprint density at radius 1 is 1.15 bits per heavy atom. The van der Waals surface area contributed by atoms with Crippen molar-refractivity contribution in [1.29, 1.82) is 0 Å². The predicted molar refractivity (Wildman–Crippen MR) is 157 cm³/mol. The maximum atomic E-state index is 13.7. The number of nitrogens with zero attached hydrogens (tertiary/aromatic N) is 1. The summed E-state index contributed by atoms with van der Waals surface area (Å²) in [4.78, 5) is 57.0. The molecule has 9 nitrogen and oxygen atoms in total. The largest absolute Gasteiger partial charge is 0.494 e. The van der Waals surface area contributed by atoms with Crippen molar-refractivity contribution in [2.75, 3.05) is 13.2 Å². The van der Waals surface area contributed by atoms with Crippen LogP contribution in [0.25, 0.3) is 0 Å². The molecular weight excluding hydrogens is 508 g/mol. The van der Waals surface area contributed by atoms with Gasteiger partial charge in [0.25, 0.3) is 0 Å². The van der Waals surface area contributed by atoms with E-state index in [9.17, 15) is 19.2 Å². The monoisotopic (exact) mass is 556 g/mol. The van der Waals surface area contributed by atoms with Gasteiger partial charge in [-0.3, -0.25) is 24.2 Å². The molecule has 1 aromatic carbocycles. The number of fused-ring (bicyclic) bond motifs is 11. The van der Waals surface area contributed by atoms with Crippen molar-refractivity contribution in [2.45, 2.75) is 98.1 Å². The first kappa shape index (κ1) is 33.0. The SMILES string of the molecule is CCC(=O)[C@H](CCCN=C(N)CC)NC(=O)[C@@H]1Cc2ccc(cc2)OCCC[C@H](C(C)=O)[C@@H](CC(C)C)C(=O)N1. The lowest BCUT2D eigenvalue weighted by Gasteiger charge is -2.29. The van der Waals surface area contributed by atoms with Gasteiger partial charge in [0.05, 0.1) is 18.5 Å². The minimum absolute atomic E-state index is 0.0442. The van der Waals surface area contributed by atoms with Crippen molar-refractivity contribution in [3.63, 3.8) is 0 Å². The summed E-state index contributed by atoms with van der Waals surface area (Å²) in [5, 5.41) is 5.87. The third-order valence-corrected chi connectivity index (χ3v) is 7.38. The van der Waals surface area contributed by atoms with Crippen LogP contribution in [0.5, 0.6) is 5.75 Å². The van der Waals surface area contributed by atoms with Crippen LogP contribution < -0.4 is 21.1 Å². The summed E-state index contributed by atoms with van der Waals surface area (Å²) in [6.07, 6.45) is 3.87. The van der Waals surface area contributed by atoms with E-state index in [-0.39, 0.29) is 36.2 Å². The van der Waals surface area contributed by atoms with Gasteiger partial charge in [0.15, 0.2) is 5.78 Å². The quantitative estimate of drug-likeness (QED) is 0.203. The van der Waals surface area contributed by atoms with Gasteiger partial charge in [-0.1, -0.05) is 39.8 Å². The zero-order valence-corrected chi connectivity index (χ0v) is 24.8. The number of nitrogens with two attached hydrogens (primary N) is 1. The van der Waals surface area contributed by atoms with Crippen molar-refractivity contribution in [3.05, 3.63) is 29.8 Å². The van der Waals surface area contributed by atoms with Gasteiger partial charge < -0.3 is 21.1 Å². The average Bonchev–Trinajstić information content (AvgIpc) is 2.92. The molecule has 2 aliphatic rings. The maximum absolute atomic E-state index is 13.7. The molecule has 40 heavy (non-hydrogen) atoms. The molecule has 0 aromatic heterocycles. The summed E-state index contributed by atoms with van der Waals surface area (Å²) in [6.45, 7) is 10.2. The Labute approximate surface area is 239 Å². The first-order valence-corrected chi connectivity index (χ1v) is 14.7. The Morgan fingerprint density at radius 2 is 1.85 bits per heavy atom. The minimum atomic E-state index is -0.912. The van der Waals surface area contributed by atoms with Gasteiger partial charge >= 0.3 is 0 Å². The summed E-state index contributed by atoms with van der Waals surface area (Å²) in [5.74, 6) is -0.442. The number of aliphatic imine (C=N–C) groups is 1. The van der Waals surface area contributed by atoms with E-state index >= 15 is 0 Å². The van der Waals surface area contributed by atoms with Crippen LogP contribution in [0.3, 0.4) is 0 Å². The number of hydrogen-bond donors (Lipinski definition) is 3. The molecule has 2 aliphatic heterocycles. The number of amides is 2. The molecule has 4 atom stereocenters. The molecule has 0 fully saturated rings. The number of carbonyl (C=O) groups excluding carboxylic acids is 4. The van der Waals surface area contributed by atoms with Gasteiger partial charge in [0.1, 0.15) is 17.6 Å². The van der Waals surface area contributed by atoms with E-state index in [2.05, 4.69) is 15.6 Å². The normalized spacial score (nSPS) is 21.2. The van der Waals surface area contributed by atoms with Gasteiger partial charge in [0.2, 0.25) is 11.8 Å². The molecule has 0 spiro atoms. The topological polar surface area (TPSA) is 140 Å². The Bertz CT molecular complexity index is 1020. The van der Waals surface area contributed by atoms with Crippen LogP contribution >= 0.6 is 0 Å². The molecule has 2 amide bonds. The summed E-state index contributed by atoms with van der Waals surface area (Å²) < 4.78 is 5.86. The van der Waals surface area contributed by atoms with E-state index < -0.39 is 29.8 Å². The highest BCUT2D eigenvalue weighted by molar-refractivity contribution is 5.94. The molecule has 0 saturated carbocycles. The molecule has 3 rings (SSSR count). The third-order valence-electron chi connectivity index (χ3n) is 7.38. The highest BCUT2D eigenvalue weighted by atomic mass is 16.5. The lowest BCUT2D eigenvalue weighted by atomic mass is 9.79. The van der Waals surface area contributed by atoms with E-state index in [1.807, 2.05) is 45.0 Å². The molecule has 0 unspecified atom stereocenters. The van der Waals surface area contributed by atoms with Crippen LogP contribution in [-0.2, 0) is 25.6 Å². The molecular formula is C31H48N4O5. The fraction of sp³-hybridized carbons (Fsp3) is 0.645. The molecule has 9 heteroatoms. The van der Waals surface area contributed by atoms with Gasteiger partial charge in [-0.15, -0.1) is 0 Å². The fourth-order valence-electron chi connectivity index (χ4n) is 5.05. The van der Waals surface area contributed by atoms with E-state index in [1.54, 1.807) is 6.92 Å². The highest BCUT2D eigenvalue weighted by Gasteiger charge is 2.35. The Morgan fingerprint density at radius 3 is 2.45 bits per heavy atom. The van der Waals surface area contributed by atoms with Crippen molar-refractivity contribution in [2.24, 2.45) is 28.5 Å².